The fourth-order valence-corrected chi connectivity index (χ4v) is 3.20. The van der Waals surface area contributed by atoms with Crippen molar-refractivity contribution in [1.29, 1.82) is 0 Å². The van der Waals surface area contributed by atoms with E-state index in [1.165, 1.54) is 11.1 Å². The summed E-state index contributed by atoms with van der Waals surface area (Å²) in [5, 5.41) is 0. The van der Waals surface area contributed by atoms with Gasteiger partial charge in [0.05, 0.1) is 6.54 Å². The fourth-order valence-electron chi connectivity index (χ4n) is 3.20. The van der Waals surface area contributed by atoms with E-state index in [-0.39, 0.29) is 18.4 Å². The molecule has 3 heteroatoms. The molecule has 0 heterocycles. The minimum absolute atomic E-state index is 0.215. The molecular formula is C22H31NO2. The van der Waals surface area contributed by atoms with E-state index >= 15 is 0 Å². The van der Waals surface area contributed by atoms with Crippen molar-refractivity contribution in [3.05, 3.63) is 71.8 Å². The van der Waals surface area contributed by atoms with Gasteiger partial charge in [-0.2, -0.15) is 0 Å². The summed E-state index contributed by atoms with van der Waals surface area (Å²) >= 11 is 0. The van der Waals surface area contributed by atoms with Gasteiger partial charge in [-0.05, 0) is 38.8 Å². The van der Waals surface area contributed by atoms with Gasteiger partial charge in [0.15, 0.2) is 6.29 Å². The van der Waals surface area contributed by atoms with E-state index in [0.29, 0.717) is 13.2 Å². The van der Waals surface area contributed by atoms with Crippen molar-refractivity contribution in [2.45, 2.75) is 46.1 Å². The van der Waals surface area contributed by atoms with Gasteiger partial charge in [-0.1, -0.05) is 60.7 Å². The molecule has 2 rings (SSSR count). The van der Waals surface area contributed by atoms with Gasteiger partial charge in [-0.15, -0.1) is 0 Å². The molecule has 0 aliphatic rings. The van der Waals surface area contributed by atoms with Crippen molar-refractivity contribution < 1.29 is 9.47 Å². The predicted molar refractivity (Wildman–Crippen MR) is 103 cm³/mol. The lowest BCUT2D eigenvalue weighted by Gasteiger charge is -2.37. The van der Waals surface area contributed by atoms with Crippen LogP contribution in [0.4, 0.5) is 0 Å². The normalized spacial score (nSPS) is 14.0. The van der Waals surface area contributed by atoms with Crippen molar-refractivity contribution in [3.63, 3.8) is 0 Å². The first kappa shape index (κ1) is 19.6. The Morgan fingerprint density at radius 3 is 1.48 bits per heavy atom. The quantitative estimate of drug-likeness (QED) is 0.554. The highest BCUT2D eigenvalue weighted by molar-refractivity contribution is 5.22. The first-order valence-corrected chi connectivity index (χ1v) is 9.26. The molecule has 0 fully saturated rings. The van der Waals surface area contributed by atoms with Crippen LogP contribution in [0.25, 0.3) is 0 Å². The van der Waals surface area contributed by atoms with E-state index in [9.17, 15) is 0 Å². The van der Waals surface area contributed by atoms with Crippen LogP contribution >= 0.6 is 0 Å². The average molecular weight is 341 g/mol. The molecule has 0 bridgehead atoms. The molecule has 0 aliphatic heterocycles. The molecule has 2 atom stereocenters. The summed E-state index contributed by atoms with van der Waals surface area (Å²) in [6.45, 7) is 10.6. The van der Waals surface area contributed by atoms with Crippen molar-refractivity contribution in [3.8, 4) is 0 Å². The molecule has 3 nitrogen and oxygen atoms in total. The minimum atomic E-state index is -0.215. The summed E-state index contributed by atoms with van der Waals surface area (Å²) in [6.07, 6.45) is -0.215. The largest absolute Gasteiger partial charge is 0.352 e. The van der Waals surface area contributed by atoms with Crippen LogP contribution in [0.2, 0.25) is 0 Å². The standard InChI is InChI=1S/C22H31NO2/c1-5-24-22(25-6-2)17-23(18(3)20-13-9-7-10-14-20)19(4)21-15-11-8-12-16-21/h7-16,18-19,22H,5-6,17H2,1-4H3/t18-,19-/m1/s1. The summed E-state index contributed by atoms with van der Waals surface area (Å²) in [5.74, 6) is 0. The van der Waals surface area contributed by atoms with Gasteiger partial charge in [0.2, 0.25) is 0 Å². The van der Waals surface area contributed by atoms with Gasteiger partial charge in [0.1, 0.15) is 0 Å². The lowest BCUT2D eigenvalue weighted by molar-refractivity contribution is -0.154. The van der Waals surface area contributed by atoms with E-state index < -0.39 is 0 Å². The van der Waals surface area contributed by atoms with Crippen molar-refractivity contribution in [1.82, 2.24) is 4.90 Å². The van der Waals surface area contributed by atoms with E-state index in [2.05, 4.69) is 79.4 Å². The second-order valence-corrected chi connectivity index (χ2v) is 6.21. The molecule has 0 N–H and O–H groups in total. The molecule has 2 aromatic rings. The lowest BCUT2D eigenvalue weighted by atomic mass is 10.0. The summed E-state index contributed by atoms with van der Waals surface area (Å²) in [7, 11) is 0. The maximum atomic E-state index is 5.82. The summed E-state index contributed by atoms with van der Waals surface area (Å²) in [6, 6.07) is 21.8. The zero-order valence-corrected chi connectivity index (χ0v) is 15.9. The maximum Gasteiger partial charge on any atom is 0.170 e. The molecule has 0 saturated carbocycles. The van der Waals surface area contributed by atoms with Gasteiger partial charge >= 0.3 is 0 Å². The van der Waals surface area contributed by atoms with Crippen LogP contribution in [-0.2, 0) is 9.47 Å². The van der Waals surface area contributed by atoms with Gasteiger partial charge in [-0.25, -0.2) is 0 Å². The van der Waals surface area contributed by atoms with Gasteiger partial charge in [-0.3, -0.25) is 4.90 Å². The molecule has 0 aliphatic carbocycles. The number of ether oxygens (including phenoxy) is 2. The third-order valence-electron chi connectivity index (χ3n) is 4.62. The first-order valence-electron chi connectivity index (χ1n) is 9.26. The van der Waals surface area contributed by atoms with Gasteiger partial charge < -0.3 is 9.47 Å². The van der Waals surface area contributed by atoms with Gasteiger partial charge in [0.25, 0.3) is 0 Å². The topological polar surface area (TPSA) is 21.7 Å². The molecule has 0 radical (unpaired) electrons. The average Bonchev–Trinajstić information content (AvgIpc) is 2.66. The predicted octanol–water partition coefficient (Wildman–Crippen LogP) is 5.21. The van der Waals surface area contributed by atoms with Gasteiger partial charge in [0, 0.05) is 25.3 Å². The maximum absolute atomic E-state index is 5.82. The highest BCUT2D eigenvalue weighted by atomic mass is 16.7. The molecule has 136 valence electrons. The Labute approximate surface area is 152 Å². The Bertz CT molecular complexity index is 536. The number of hydrogen-bond acceptors (Lipinski definition) is 3. The van der Waals surface area contributed by atoms with E-state index in [1.807, 2.05) is 13.8 Å². The summed E-state index contributed by atoms with van der Waals surface area (Å²) < 4.78 is 11.6. The number of nitrogens with zero attached hydrogens (tertiary/aromatic N) is 1. The molecule has 25 heavy (non-hydrogen) atoms. The Hall–Kier alpha value is -1.68. The molecule has 0 aromatic heterocycles. The van der Waals surface area contributed by atoms with Crippen LogP contribution < -0.4 is 0 Å². The molecule has 0 saturated heterocycles. The zero-order chi connectivity index (χ0) is 18.1. The lowest BCUT2D eigenvalue weighted by Crippen LogP contribution is -2.39. The molecule has 0 spiro atoms. The fraction of sp³-hybridized carbons (Fsp3) is 0.455. The second kappa shape index (κ2) is 10.3. The first-order chi connectivity index (χ1) is 12.2. The Balaban J connectivity index is 2.26. The zero-order valence-electron chi connectivity index (χ0n) is 15.9. The Morgan fingerprint density at radius 1 is 0.720 bits per heavy atom. The number of hydrogen-bond donors (Lipinski definition) is 0. The molecule has 0 amide bonds. The van der Waals surface area contributed by atoms with E-state index in [0.717, 1.165) is 6.54 Å². The number of rotatable bonds is 10. The van der Waals surface area contributed by atoms with Crippen molar-refractivity contribution in [2.24, 2.45) is 0 Å². The Kier molecular flexibility index (Phi) is 8.13. The highest BCUT2D eigenvalue weighted by Crippen LogP contribution is 2.30. The van der Waals surface area contributed by atoms with Crippen LogP contribution in [0.5, 0.6) is 0 Å². The number of benzene rings is 2. The smallest absolute Gasteiger partial charge is 0.170 e. The van der Waals surface area contributed by atoms with Crippen LogP contribution in [0.1, 0.15) is 50.9 Å². The van der Waals surface area contributed by atoms with Crippen LogP contribution in [-0.4, -0.2) is 30.9 Å². The van der Waals surface area contributed by atoms with Crippen LogP contribution in [0, 0.1) is 0 Å². The monoisotopic (exact) mass is 341 g/mol. The van der Waals surface area contributed by atoms with E-state index in [1.54, 1.807) is 0 Å². The Morgan fingerprint density at radius 2 is 1.12 bits per heavy atom. The second-order valence-electron chi connectivity index (χ2n) is 6.21. The SMILES string of the molecule is CCOC(CN([C@H](C)c1ccccc1)[C@H](C)c1ccccc1)OCC. The van der Waals surface area contributed by atoms with Crippen LogP contribution in [0.15, 0.2) is 60.7 Å². The molecule has 0 unspecified atom stereocenters. The van der Waals surface area contributed by atoms with Crippen molar-refractivity contribution in [2.75, 3.05) is 19.8 Å². The minimum Gasteiger partial charge on any atom is -0.352 e. The molecular weight excluding hydrogens is 310 g/mol. The molecule has 2 aromatic carbocycles. The summed E-state index contributed by atoms with van der Waals surface area (Å²) in [4.78, 5) is 2.46. The van der Waals surface area contributed by atoms with Crippen molar-refractivity contribution >= 4 is 0 Å². The third kappa shape index (κ3) is 5.67. The third-order valence-corrected chi connectivity index (χ3v) is 4.62. The van der Waals surface area contributed by atoms with Crippen LogP contribution in [0.3, 0.4) is 0 Å². The highest BCUT2D eigenvalue weighted by Gasteiger charge is 2.26. The van der Waals surface area contributed by atoms with E-state index in [4.69, 9.17) is 9.47 Å². The summed E-state index contributed by atoms with van der Waals surface area (Å²) in [5.41, 5.74) is 2.61.